The van der Waals surface area contributed by atoms with Crippen LogP contribution < -0.4 is 11.1 Å². The maximum atomic E-state index is 13.1. The van der Waals surface area contributed by atoms with Crippen molar-refractivity contribution in [2.45, 2.75) is 0 Å². The number of nitrogens with one attached hydrogen (secondary N) is 2. The summed E-state index contributed by atoms with van der Waals surface area (Å²) in [5, 5.41) is 9.72. The number of aryl methyl sites for hydroxylation is 1. The predicted molar refractivity (Wildman–Crippen MR) is 74.5 cm³/mol. The molecule has 0 bridgehead atoms. The fourth-order valence-corrected chi connectivity index (χ4v) is 2.17. The third-order valence-corrected chi connectivity index (χ3v) is 2.95. The quantitative estimate of drug-likeness (QED) is 0.556. The van der Waals surface area contributed by atoms with Crippen molar-refractivity contribution < 1.29 is 9.18 Å². The van der Waals surface area contributed by atoms with Gasteiger partial charge in [0.2, 0.25) is 0 Å². The number of hydrogen-bond acceptors (Lipinski definition) is 2. The normalized spacial score (nSPS) is 10.1. The van der Waals surface area contributed by atoms with E-state index in [2.05, 4.69) is 5.32 Å². The summed E-state index contributed by atoms with van der Waals surface area (Å²) in [5.74, 6) is -1.52. The van der Waals surface area contributed by atoms with Crippen molar-refractivity contribution in [3.63, 3.8) is 0 Å². The molecule has 102 valence electrons. The van der Waals surface area contributed by atoms with Gasteiger partial charge in [0.15, 0.2) is 5.96 Å². The molecule has 0 spiro atoms. The van der Waals surface area contributed by atoms with Gasteiger partial charge in [0.1, 0.15) is 11.5 Å². The summed E-state index contributed by atoms with van der Waals surface area (Å²) >= 11 is 6.05. The third kappa shape index (κ3) is 2.64. The van der Waals surface area contributed by atoms with Crippen LogP contribution in [0.1, 0.15) is 10.5 Å². The molecule has 1 aromatic carbocycles. The number of guanidine groups is 1. The van der Waals surface area contributed by atoms with Gasteiger partial charge >= 0.3 is 0 Å². The summed E-state index contributed by atoms with van der Waals surface area (Å²) < 4.78 is 14.7. The number of carbonyl (C=O) groups is 1. The summed E-state index contributed by atoms with van der Waals surface area (Å²) in [6.45, 7) is 0. The van der Waals surface area contributed by atoms with Gasteiger partial charge in [0.25, 0.3) is 5.91 Å². The van der Waals surface area contributed by atoms with Gasteiger partial charge in [-0.2, -0.15) is 0 Å². The molecule has 0 aliphatic rings. The highest BCUT2D eigenvalue weighted by Crippen LogP contribution is 2.30. The van der Waals surface area contributed by atoms with Gasteiger partial charge in [0.05, 0.1) is 10.5 Å². The molecule has 2 aromatic rings. The molecule has 1 amide bonds. The van der Waals surface area contributed by atoms with Gasteiger partial charge in [-0.3, -0.25) is 15.5 Å². The van der Waals surface area contributed by atoms with Gasteiger partial charge < -0.3 is 10.3 Å². The molecule has 0 atom stereocenters. The lowest BCUT2D eigenvalue weighted by atomic mass is 10.2. The third-order valence-electron chi connectivity index (χ3n) is 2.56. The van der Waals surface area contributed by atoms with Crippen LogP contribution >= 0.6 is 24.0 Å². The number of rotatable bonds is 1. The standard InChI is InChI=1S/C11H10ClFN4O.ClH/c1-17-7-3-2-5(13)4-6(7)8(12)9(17)10(18)16-11(14)15;/h2-4H,1H3,(H4,14,15,16,18);1H. The molecule has 1 heterocycles. The largest absolute Gasteiger partial charge is 0.370 e. The van der Waals surface area contributed by atoms with Crippen molar-refractivity contribution in [2.75, 3.05) is 0 Å². The Balaban J connectivity index is 0.00000180. The van der Waals surface area contributed by atoms with E-state index in [9.17, 15) is 9.18 Å². The minimum absolute atomic E-state index is 0. The van der Waals surface area contributed by atoms with E-state index in [0.29, 0.717) is 10.9 Å². The summed E-state index contributed by atoms with van der Waals surface area (Å²) in [7, 11) is 1.63. The van der Waals surface area contributed by atoms with E-state index in [1.54, 1.807) is 7.05 Å². The fraction of sp³-hybridized carbons (Fsp3) is 0.0909. The second-order valence-electron chi connectivity index (χ2n) is 3.75. The van der Waals surface area contributed by atoms with Crippen LogP contribution in [0.2, 0.25) is 5.02 Å². The molecular weight excluding hydrogens is 294 g/mol. The van der Waals surface area contributed by atoms with Crippen molar-refractivity contribution >= 4 is 46.8 Å². The van der Waals surface area contributed by atoms with Crippen molar-refractivity contribution in [1.29, 1.82) is 5.41 Å². The highest BCUT2D eigenvalue weighted by molar-refractivity contribution is 6.39. The van der Waals surface area contributed by atoms with Gasteiger partial charge in [-0.1, -0.05) is 11.6 Å². The number of fused-ring (bicyclic) bond motifs is 1. The molecule has 0 fully saturated rings. The Kier molecular flexibility index (Phi) is 4.39. The minimum atomic E-state index is -0.605. The number of nitrogens with two attached hydrogens (primary N) is 1. The molecule has 2 rings (SSSR count). The van der Waals surface area contributed by atoms with Gasteiger partial charge in [-0.15, -0.1) is 12.4 Å². The molecule has 4 N–H and O–H groups in total. The van der Waals surface area contributed by atoms with Crippen LogP contribution in [0.25, 0.3) is 10.9 Å². The van der Waals surface area contributed by atoms with Crippen LogP contribution in [-0.4, -0.2) is 16.4 Å². The highest BCUT2D eigenvalue weighted by atomic mass is 35.5. The highest BCUT2D eigenvalue weighted by Gasteiger charge is 2.20. The Bertz CT molecular complexity index is 668. The van der Waals surface area contributed by atoms with Crippen LogP contribution in [0.3, 0.4) is 0 Å². The average Bonchev–Trinajstić information content (AvgIpc) is 2.50. The molecule has 8 heteroatoms. The first-order chi connectivity index (χ1) is 8.41. The Hall–Kier alpha value is -1.79. The zero-order valence-electron chi connectivity index (χ0n) is 9.83. The maximum absolute atomic E-state index is 13.1. The minimum Gasteiger partial charge on any atom is -0.370 e. The second-order valence-corrected chi connectivity index (χ2v) is 4.13. The van der Waals surface area contributed by atoms with Gasteiger partial charge in [-0.05, 0) is 18.2 Å². The van der Waals surface area contributed by atoms with Crippen molar-refractivity contribution in [1.82, 2.24) is 9.88 Å². The van der Waals surface area contributed by atoms with Crippen LogP contribution in [0.5, 0.6) is 0 Å². The molecule has 0 saturated carbocycles. The van der Waals surface area contributed by atoms with E-state index < -0.39 is 17.7 Å². The van der Waals surface area contributed by atoms with E-state index in [4.69, 9.17) is 22.7 Å². The number of halogens is 3. The lowest BCUT2D eigenvalue weighted by molar-refractivity contribution is 0.0969. The molecule has 0 radical (unpaired) electrons. The maximum Gasteiger partial charge on any atom is 0.276 e. The van der Waals surface area contributed by atoms with E-state index >= 15 is 0 Å². The number of aromatic nitrogens is 1. The first-order valence-electron chi connectivity index (χ1n) is 5.00. The molecular formula is C11H11Cl2FN4O. The van der Waals surface area contributed by atoms with Crippen molar-refractivity contribution in [3.8, 4) is 0 Å². The first kappa shape index (κ1) is 15.3. The Morgan fingerprint density at radius 1 is 1.53 bits per heavy atom. The second kappa shape index (κ2) is 5.46. The zero-order chi connectivity index (χ0) is 13.4. The molecule has 0 unspecified atom stereocenters. The fourth-order valence-electron chi connectivity index (χ4n) is 1.81. The molecule has 0 aliphatic carbocycles. The number of hydrogen-bond donors (Lipinski definition) is 3. The van der Waals surface area contributed by atoms with Crippen LogP contribution in [0, 0.1) is 11.2 Å². The number of carbonyl (C=O) groups excluding carboxylic acids is 1. The Morgan fingerprint density at radius 2 is 2.16 bits per heavy atom. The van der Waals surface area contributed by atoms with Crippen molar-refractivity contribution in [2.24, 2.45) is 12.8 Å². The molecule has 0 aliphatic heterocycles. The molecule has 5 nitrogen and oxygen atoms in total. The molecule has 0 saturated heterocycles. The van der Waals surface area contributed by atoms with Crippen LogP contribution in [0.4, 0.5) is 4.39 Å². The van der Waals surface area contributed by atoms with E-state index in [1.165, 1.54) is 22.8 Å². The topological polar surface area (TPSA) is 83.9 Å². The lowest BCUT2D eigenvalue weighted by Gasteiger charge is -2.04. The Labute approximate surface area is 119 Å². The number of nitrogens with zero attached hydrogens (tertiary/aromatic N) is 1. The number of benzene rings is 1. The monoisotopic (exact) mass is 304 g/mol. The summed E-state index contributed by atoms with van der Waals surface area (Å²) in [6, 6.07) is 4.06. The summed E-state index contributed by atoms with van der Waals surface area (Å²) in [4.78, 5) is 11.8. The van der Waals surface area contributed by atoms with Crippen molar-refractivity contribution in [3.05, 3.63) is 34.7 Å². The Morgan fingerprint density at radius 3 is 2.74 bits per heavy atom. The summed E-state index contributed by atoms with van der Waals surface area (Å²) in [5.41, 5.74) is 5.84. The zero-order valence-corrected chi connectivity index (χ0v) is 11.4. The number of amides is 1. The summed E-state index contributed by atoms with van der Waals surface area (Å²) in [6.07, 6.45) is 0. The van der Waals surface area contributed by atoms with Crippen LogP contribution in [-0.2, 0) is 7.05 Å². The van der Waals surface area contributed by atoms with Gasteiger partial charge in [-0.25, -0.2) is 4.39 Å². The van der Waals surface area contributed by atoms with E-state index in [0.717, 1.165) is 0 Å². The van der Waals surface area contributed by atoms with Crippen LogP contribution in [0.15, 0.2) is 18.2 Å². The SMILES string of the molecule is Cl.Cn1c(C(=O)NC(=N)N)c(Cl)c2cc(F)ccc21. The molecule has 19 heavy (non-hydrogen) atoms. The first-order valence-corrected chi connectivity index (χ1v) is 5.38. The average molecular weight is 305 g/mol. The van der Waals surface area contributed by atoms with E-state index in [1.807, 2.05) is 0 Å². The lowest BCUT2D eigenvalue weighted by Crippen LogP contribution is -2.36. The van der Waals surface area contributed by atoms with Gasteiger partial charge in [0, 0.05) is 12.4 Å². The van der Waals surface area contributed by atoms with E-state index in [-0.39, 0.29) is 23.1 Å². The smallest absolute Gasteiger partial charge is 0.276 e. The predicted octanol–water partition coefficient (Wildman–Crippen LogP) is 2.02. The molecule has 1 aromatic heterocycles.